The van der Waals surface area contributed by atoms with Crippen molar-refractivity contribution in [3.63, 3.8) is 0 Å². The number of methoxy groups -OCH3 is 1. The molecule has 0 radical (unpaired) electrons. The molecular weight excluding hydrogens is 216 g/mol. The lowest BCUT2D eigenvalue weighted by Crippen LogP contribution is -2.46. The number of hydrogen-bond donors (Lipinski definition) is 2. The van der Waals surface area contributed by atoms with Crippen molar-refractivity contribution in [1.82, 2.24) is 4.90 Å². The van der Waals surface area contributed by atoms with Crippen molar-refractivity contribution in [2.45, 2.75) is 25.1 Å². The van der Waals surface area contributed by atoms with Crippen molar-refractivity contribution in [1.29, 1.82) is 0 Å². The van der Waals surface area contributed by atoms with Crippen molar-refractivity contribution < 1.29 is 9.84 Å². The Balaban J connectivity index is 2.91. The maximum absolute atomic E-state index is 10.3. The third-order valence-corrected chi connectivity index (χ3v) is 3.19. The first-order valence-corrected chi connectivity index (χ1v) is 5.72. The highest BCUT2D eigenvalue weighted by molar-refractivity contribution is 5.35. The van der Waals surface area contributed by atoms with Crippen molar-refractivity contribution in [2.24, 2.45) is 5.73 Å². The summed E-state index contributed by atoms with van der Waals surface area (Å²) in [4.78, 5) is 1.99. The predicted molar refractivity (Wildman–Crippen MR) is 69.1 cm³/mol. The van der Waals surface area contributed by atoms with E-state index in [-0.39, 0.29) is 12.1 Å². The maximum Gasteiger partial charge on any atom is 0.124 e. The number of hydrogen-bond acceptors (Lipinski definition) is 4. The van der Waals surface area contributed by atoms with Gasteiger partial charge in [0.25, 0.3) is 0 Å². The van der Waals surface area contributed by atoms with Gasteiger partial charge in [-0.1, -0.05) is 18.2 Å². The van der Waals surface area contributed by atoms with Gasteiger partial charge in [-0.3, -0.25) is 0 Å². The van der Waals surface area contributed by atoms with Gasteiger partial charge < -0.3 is 20.5 Å². The highest BCUT2D eigenvalue weighted by Crippen LogP contribution is 2.27. The quantitative estimate of drug-likeness (QED) is 0.803. The lowest BCUT2D eigenvalue weighted by atomic mass is 9.96. The standard InChI is InChI=1S/C13H22N2O2/c1-9(15(2)3)12(14)13(16)10-7-5-6-8-11(10)17-4/h5-9,12-13,16H,14H2,1-4H3. The van der Waals surface area contributed by atoms with E-state index in [9.17, 15) is 5.11 Å². The molecule has 4 heteroatoms. The maximum atomic E-state index is 10.3. The Labute approximate surface area is 103 Å². The van der Waals surface area contributed by atoms with Crippen molar-refractivity contribution in [3.05, 3.63) is 29.8 Å². The summed E-state index contributed by atoms with van der Waals surface area (Å²) in [5, 5.41) is 10.3. The van der Waals surface area contributed by atoms with Gasteiger partial charge >= 0.3 is 0 Å². The van der Waals surface area contributed by atoms with Gasteiger partial charge in [-0.05, 0) is 27.1 Å². The number of nitrogens with zero attached hydrogens (tertiary/aromatic N) is 1. The molecule has 0 fully saturated rings. The lowest BCUT2D eigenvalue weighted by molar-refractivity contribution is 0.102. The summed E-state index contributed by atoms with van der Waals surface area (Å²) in [6, 6.07) is 7.12. The molecule has 0 aliphatic carbocycles. The first-order chi connectivity index (χ1) is 7.99. The van der Waals surface area contributed by atoms with E-state index >= 15 is 0 Å². The second kappa shape index (κ2) is 6.00. The fraction of sp³-hybridized carbons (Fsp3) is 0.538. The molecule has 0 aliphatic rings. The van der Waals surface area contributed by atoms with Crippen molar-refractivity contribution >= 4 is 0 Å². The van der Waals surface area contributed by atoms with Crippen LogP contribution in [0.5, 0.6) is 5.75 Å². The van der Waals surface area contributed by atoms with Crippen LogP contribution in [0, 0.1) is 0 Å². The molecule has 1 rings (SSSR count). The molecule has 0 spiro atoms. The van der Waals surface area contributed by atoms with Gasteiger partial charge in [0, 0.05) is 11.6 Å². The number of ether oxygens (including phenoxy) is 1. The van der Waals surface area contributed by atoms with Gasteiger partial charge in [0.05, 0.1) is 19.3 Å². The molecule has 3 unspecified atom stereocenters. The molecule has 0 aliphatic heterocycles. The van der Waals surface area contributed by atoms with E-state index < -0.39 is 6.10 Å². The number of para-hydroxylation sites is 1. The minimum absolute atomic E-state index is 0.0786. The summed E-state index contributed by atoms with van der Waals surface area (Å²) in [6.45, 7) is 1.99. The van der Waals surface area contributed by atoms with Crippen LogP contribution in [-0.2, 0) is 0 Å². The molecule has 0 aromatic heterocycles. The molecule has 3 N–H and O–H groups in total. The second-order valence-electron chi connectivity index (χ2n) is 4.47. The molecule has 3 atom stereocenters. The summed E-state index contributed by atoms with van der Waals surface area (Å²) in [5.41, 5.74) is 6.80. The number of rotatable bonds is 5. The van der Waals surface area contributed by atoms with Crippen LogP contribution in [0.15, 0.2) is 24.3 Å². The fourth-order valence-corrected chi connectivity index (χ4v) is 1.73. The number of likely N-dealkylation sites (N-methyl/N-ethyl adjacent to an activating group) is 1. The van der Waals surface area contributed by atoms with E-state index in [1.54, 1.807) is 7.11 Å². The van der Waals surface area contributed by atoms with E-state index in [0.29, 0.717) is 5.75 Å². The van der Waals surface area contributed by atoms with Crippen LogP contribution in [0.4, 0.5) is 0 Å². The van der Waals surface area contributed by atoms with Crippen LogP contribution >= 0.6 is 0 Å². The molecule has 1 aromatic carbocycles. The zero-order valence-corrected chi connectivity index (χ0v) is 10.9. The van der Waals surface area contributed by atoms with Gasteiger partial charge in [-0.2, -0.15) is 0 Å². The van der Waals surface area contributed by atoms with Crippen LogP contribution in [0.1, 0.15) is 18.6 Å². The number of benzene rings is 1. The third kappa shape index (κ3) is 3.19. The van der Waals surface area contributed by atoms with Crippen LogP contribution in [0.2, 0.25) is 0 Å². The molecule has 0 amide bonds. The van der Waals surface area contributed by atoms with Gasteiger partial charge in [0.2, 0.25) is 0 Å². The summed E-state index contributed by atoms with van der Waals surface area (Å²) in [6.07, 6.45) is -0.733. The summed E-state index contributed by atoms with van der Waals surface area (Å²) >= 11 is 0. The summed E-state index contributed by atoms with van der Waals surface area (Å²) in [5.74, 6) is 0.668. The number of nitrogens with two attached hydrogens (primary N) is 1. The molecule has 0 saturated heterocycles. The first kappa shape index (κ1) is 14.0. The van der Waals surface area contributed by atoms with Gasteiger partial charge in [-0.15, -0.1) is 0 Å². The normalized spacial score (nSPS) is 16.6. The van der Waals surface area contributed by atoms with E-state index in [1.165, 1.54) is 0 Å². The monoisotopic (exact) mass is 238 g/mol. The molecule has 0 heterocycles. The van der Waals surface area contributed by atoms with Crippen molar-refractivity contribution in [2.75, 3.05) is 21.2 Å². The molecule has 1 aromatic rings. The zero-order valence-electron chi connectivity index (χ0n) is 10.9. The predicted octanol–water partition coefficient (Wildman–Crippen LogP) is 1.01. The Morgan fingerprint density at radius 3 is 2.41 bits per heavy atom. The number of aliphatic hydroxyl groups excluding tert-OH is 1. The van der Waals surface area contributed by atoms with Gasteiger partial charge in [0.15, 0.2) is 0 Å². The molecule has 0 bridgehead atoms. The molecule has 96 valence electrons. The second-order valence-corrected chi connectivity index (χ2v) is 4.47. The van der Waals surface area contributed by atoms with E-state index in [2.05, 4.69) is 0 Å². The molecular formula is C13H22N2O2. The Hall–Kier alpha value is -1.10. The first-order valence-electron chi connectivity index (χ1n) is 5.72. The van der Waals surface area contributed by atoms with Gasteiger partial charge in [-0.25, -0.2) is 0 Å². The molecule has 0 saturated carbocycles. The Morgan fingerprint density at radius 2 is 1.88 bits per heavy atom. The Kier molecular flexibility index (Phi) is 4.93. The Morgan fingerprint density at radius 1 is 1.29 bits per heavy atom. The largest absolute Gasteiger partial charge is 0.496 e. The number of aliphatic hydroxyl groups is 1. The highest BCUT2D eigenvalue weighted by atomic mass is 16.5. The Bertz CT molecular complexity index is 355. The van der Waals surface area contributed by atoms with Crippen LogP contribution in [0.25, 0.3) is 0 Å². The van der Waals surface area contributed by atoms with Crippen molar-refractivity contribution in [3.8, 4) is 5.75 Å². The minimum Gasteiger partial charge on any atom is -0.496 e. The SMILES string of the molecule is COc1ccccc1C(O)C(N)C(C)N(C)C. The van der Waals surface area contributed by atoms with Crippen LogP contribution < -0.4 is 10.5 Å². The van der Waals surface area contributed by atoms with E-state index in [0.717, 1.165) is 5.56 Å². The molecule has 17 heavy (non-hydrogen) atoms. The topological polar surface area (TPSA) is 58.7 Å². The zero-order chi connectivity index (χ0) is 13.0. The summed E-state index contributed by atoms with van der Waals surface area (Å²) in [7, 11) is 5.48. The molecule has 4 nitrogen and oxygen atoms in total. The third-order valence-electron chi connectivity index (χ3n) is 3.19. The average Bonchev–Trinajstić information content (AvgIpc) is 2.35. The van der Waals surface area contributed by atoms with E-state index in [1.807, 2.05) is 50.2 Å². The average molecular weight is 238 g/mol. The van der Waals surface area contributed by atoms with Gasteiger partial charge in [0.1, 0.15) is 5.75 Å². The van der Waals surface area contributed by atoms with Crippen LogP contribution in [-0.4, -0.2) is 43.3 Å². The van der Waals surface area contributed by atoms with Crippen LogP contribution in [0.3, 0.4) is 0 Å². The summed E-state index contributed by atoms with van der Waals surface area (Å²) < 4.78 is 5.23. The smallest absolute Gasteiger partial charge is 0.124 e. The minimum atomic E-state index is -0.733. The highest BCUT2D eigenvalue weighted by Gasteiger charge is 2.26. The fourth-order valence-electron chi connectivity index (χ4n) is 1.73. The lowest BCUT2D eigenvalue weighted by Gasteiger charge is -2.30. The van der Waals surface area contributed by atoms with E-state index in [4.69, 9.17) is 10.5 Å².